The van der Waals surface area contributed by atoms with E-state index in [1.54, 1.807) is 11.3 Å². The highest BCUT2D eigenvalue weighted by atomic mass is 32.1. The molecule has 0 bridgehead atoms. The molecule has 98 valence electrons. The van der Waals surface area contributed by atoms with E-state index in [0.717, 1.165) is 12.0 Å². The minimum absolute atomic E-state index is 0.0983. The van der Waals surface area contributed by atoms with Crippen LogP contribution in [0.3, 0.4) is 0 Å². The lowest BCUT2D eigenvalue weighted by Crippen LogP contribution is -2.46. The molecular weight excluding hydrogens is 252 g/mol. The molecule has 2 heterocycles. The van der Waals surface area contributed by atoms with Crippen molar-refractivity contribution in [2.45, 2.75) is 31.8 Å². The zero-order chi connectivity index (χ0) is 13.1. The number of rotatable bonds is 3. The van der Waals surface area contributed by atoms with E-state index in [1.165, 1.54) is 4.90 Å². The van der Waals surface area contributed by atoms with Gasteiger partial charge in [0.1, 0.15) is 6.04 Å². The average Bonchev–Trinajstić information content (AvgIpc) is 3.00. The van der Waals surface area contributed by atoms with E-state index in [1.807, 2.05) is 23.8 Å². The van der Waals surface area contributed by atoms with Gasteiger partial charge in [-0.25, -0.2) is 9.59 Å². The first-order valence-electron chi connectivity index (χ1n) is 5.91. The second-order valence-electron chi connectivity index (χ2n) is 4.42. The van der Waals surface area contributed by atoms with Gasteiger partial charge in [0, 0.05) is 6.54 Å². The third kappa shape index (κ3) is 2.64. The molecule has 0 radical (unpaired) electrons. The van der Waals surface area contributed by atoms with Crippen molar-refractivity contribution >= 4 is 23.3 Å². The van der Waals surface area contributed by atoms with Crippen LogP contribution in [0.2, 0.25) is 0 Å². The summed E-state index contributed by atoms with van der Waals surface area (Å²) in [5.74, 6) is -0.925. The van der Waals surface area contributed by atoms with E-state index in [-0.39, 0.29) is 12.1 Å². The maximum Gasteiger partial charge on any atom is 0.326 e. The molecule has 2 rings (SSSR count). The zero-order valence-corrected chi connectivity index (χ0v) is 10.9. The molecule has 2 N–H and O–H groups in total. The molecule has 0 spiro atoms. The summed E-state index contributed by atoms with van der Waals surface area (Å²) in [6.45, 7) is 2.41. The van der Waals surface area contributed by atoms with Crippen LogP contribution in [0.1, 0.15) is 31.4 Å². The van der Waals surface area contributed by atoms with Crippen LogP contribution in [0.4, 0.5) is 4.79 Å². The smallest absolute Gasteiger partial charge is 0.326 e. The molecule has 1 fully saturated rings. The number of urea groups is 1. The maximum absolute atomic E-state index is 12.0. The fraction of sp³-hybridized carbons (Fsp3) is 0.500. The van der Waals surface area contributed by atoms with Crippen LogP contribution < -0.4 is 5.32 Å². The first kappa shape index (κ1) is 12.9. The molecule has 1 aliphatic heterocycles. The maximum atomic E-state index is 12.0. The van der Waals surface area contributed by atoms with Crippen molar-refractivity contribution in [2.24, 2.45) is 0 Å². The summed E-state index contributed by atoms with van der Waals surface area (Å²) in [6, 6.07) is 0.880. The van der Waals surface area contributed by atoms with Gasteiger partial charge in [0.25, 0.3) is 0 Å². The number of hydrogen-bond donors (Lipinski definition) is 2. The Morgan fingerprint density at radius 3 is 3.00 bits per heavy atom. The second-order valence-corrected chi connectivity index (χ2v) is 5.20. The van der Waals surface area contributed by atoms with Crippen LogP contribution in [0.25, 0.3) is 0 Å². The molecule has 0 aliphatic carbocycles. The van der Waals surface area contributed by atoms with Gasteiger partial charge >= 0.3 is 12.0 Å². The van der Waals surface area contributed by atoms with E-state index >= 15 is 0 Å². The molecule has 5 nitrogen and oxygen atoms in total. The normalized spacial score (nSPS) is 20.7. The topological polar surface area (TPSA) is 69.6 Å². The third-order valence-electron chi connectivity index (χ3n) is 3.18. The lowest BCUT2D eigenvalue weighted by Gasteiger charge is -2.24. The Morgan fingerprint density at radius 2 is 2.39 bits per heavy atom. The molecule has 18 heavy (non-hydrogen) atoms. The first-order chi connectivity index (χ1) is 8.59. The van der Waals surface area contributed by atoms with Crippen LogP contribution in [-0.2, 0) is 4.79 Å². The summed E-state index contributed by atoms with van der Waals surface area (Å²) in [4.78, 5) is 24.4. The van der Waals surface area contributed by atoms with Crippen molar-refractivity contribution in [3.8, 4) is 0 Å². The van der Waals surface area contributed by atoms with Gasteiger partial charge < -0.3 is 15.3 Å². The van der Waals surface area contributed by atoms with E-state index in [0.29, 0.717) is 13.0 Å². The van der Waals surface area contributed by atoms with E-state index in [2.05, 4.69) is 5.32 Å². The number of aliphatic carboxylic acids is 1. The molecule has 1 aromatic rings. The SMILES string of the molecule is CC(NC(=O)N1CCC[C@@H]1C(=O)O)c1ccsc1. The highest BCUT2D eigenvalue weighted by Gasteiger charge is 2.34. The summed E-state index contributed by atoms with van der Waals surface area (Å²) in [5, 5.41) is 15.8. The molecule has 1 aliphatic rings. The predicted molar refractivity (Wildman–Crippen MR) is 68.6 cm³/mol. The van der Waals surface area contributed by atoms with Crippen molar-refractivity contribution < 1.29 is 14.7 Å². The van der Waals surface area contributed by atoms with Crippen LogP contribution in [0, 0.1) is 0 Å². The number of carboxylic acid groups (broad SMARTS) is 1. The minimum Gasteiger partial charge on any atom is -0.480 e. The molecule has 0 saturated carbocycles. The second kappa shape index (κ2) is 5.39. The minimum atomic E-state index is -0.925. The summed E-state index contributed by atoms with van der Waals surface area (Å²) in [7, 11) is 0. The molecular formula is C12H16N2O3S. The standard InChI is InChI=1S/C12H16N2O3S/c1-8(9-4-6-18-7-9)13-12(17)14-5-2-3-10(14)11(15)16/h4,6-8,10H,2-3,5H2,1H3,(H,13,17)(H,15,16)/t8?,10-/m1/s1. The van der Waals surface area contributed by atoms with Crippen LogP contribution in [0.5, 0.6) is 0 Å². The van der Waals surface area contributed by atoms with Crippen LogP contribution in [0.15, 0.2) is 16.8 Å². The van der Waals surface area contributed by atoms with Gasteiger partial charge in [-0.2, -0.15) is 11.3 Å². The fourth-order valence-electron chi connectivity index (χ4n) is 2.14. The number of carboxylic acids is 1. The Hall–Kier alpha value is -1.56. The largest absolute Gasteiger partial charge is 0.480 e. The van der Waals surface area contributed by atoms with Crippen molar-refractivity contribution in [2.75, 3.05) is 6.54 Å². The van der Waals surface area contributed by atoms with E-state index < -0.39 is 12.0 Å². The molecule has 6 heteroatoms. The average molecular weight is 268 g/mol. The van der Waals surface area contributed by atoms with Crippen molar-refractivity contribution in [3.63, 3.8) is 0 Å². The highest BCUT2D eigenvalue weighted by molar-refractivity contribution is 7.07. The summed E-state index contributed by atoms with van der Waals surface area (Å²) in [5.41, 5.74) is 1.04. The Morgan fingerprint density at radius 1 is 1.61 bits per heavy atom. The number of thiophene rings is 1. The molecule has 1 unspecified atom stereocenters. The van der Waals surface area contributed by atoms with Gasteiger partial charge in [-0.1, -0.05) is 0 Å². The predicted octanol–water partition coefficient (Wildman–Crippen LogP) is 2.07. The molecule has 1 aromatic heterocycles. The van der Waals surface area contributed by atoms with Gasteiger partial charge in [-0.3, -0.25) is 0 Å². The lowest BCUT2D eigenvalue weighted by atomic mass is 10.2. The van der Waals surface area contributed by atoms with Gasteiger partial charge in [0.2, 0.25) is 0 Å². The van der Waals surface area contributed by atoms with Crippen molar-refractivity contribution in [3.05, 3.63) is 22.4 Å². The summed E-state index contributed by atoms with van der Waals surface area (Å²) < 4.78 is 0. The molecule has 1 saturated heterocycles. The van der Waals surface area contributed by atoms with Crippen molar-refractivity contribution in [1.82, 2.24) is 10.2 Å². The first-order valence-corrected chi connectivity index (χ1v) is 6.86. The Kier molecular flexibility index (Phi) is 3.86. The quantitative estimate of drug-likeness (QED) is 0.881. The number of amides is 2. The van der Waals surface area contributed by atoms with E-state index in [9.17, 15) is 9.59 Å². The number of hydrogen-bond acceptors (Lipinski definition) is 3. The number of nitrogens with one attached hydrogen (secondary N) is 1. The molecule has 0 aromatic carbocycles. The number of likely N-dealkylation sites (tertiary alicyclic amines) is 1. The summed E-state index contributed by atoms with van der Waals surface area (Å²) >= 11 is 1.57. The monoisotopic (exact) mass is 268 g/mol. The third-order valence-corrected chi connectivity index (χ3v) is 3.88. The Bertz CT molecular complexity index is 433. The van der Waals surface area contributed by atoms with Gasteiger partial charge in [0.15, 0.2) is 0 Å². The summed E-state index contributed by atoms with van der Waals surface area (Å²) in [6.07, 6.45) is 1.28. The number of carbonyl (C=O) groups is 2. The van der Waals surface area contributed by atoms with Gasteiger partial charge in [-0.05, 0) is 42.2 Å². The van der Waals surface area contributed by atoms with Gasteiger partial charge in [-0.15, -0.1) is 0 Å². The fourth-order valence-corrected chi connectivity index (χ4v) is 2.89. The van der Waals surface area contributed by atoms with Crippen molar-refractivity contribution in [1.29, 1.82) is 0 Å². The molecule has 2 atom stereocenters. The van der Waals surface area contributed by atoms with E-state index in [4.69, 9.17) is 5.11 Å². The van der Waals surface area contributed by atoms with Crippen LogP contribution >= 0.6 is 11.3 Å². The lowest BCUT2D eigenvalue weighted by molar-refractivity contribution is -0.141. The van der Waals surface area contributed by atoms with Gasteiger partial charge in [0.05, 0.1) is 6.04 Å². The highest BCUT2D eigenvalue weighted by Crippen LogP contribution is 2.20. The number of carbonyl (C=O) groups excluding carboxylic acids is 1. The number of nitrogens with zero attached hydrogens (tertiary/aromatic N) is 1. The molecule has 2 amide bonds. The Labute approximate surface area is 109 Å². The zero-order valence-electron chi connectivity index (χ0n) is 10.1. The van der Waals surface area contributed by atoms with Crippen LogP contribution in [-0.4, -0.2) is 34.6 Å². The Balaban J connectivity index is 1.97.